The van der Waals surface area contributed by atoms with E-state index in [1.165, 1.54) is 5.56 Å². The summed E-state index contributed by atoms with van der Waals surface area (Å²) in [5.74, 6) is 2.54. The smallest absolute Gasteiger partial charge is 0.227 e. The highest BCUT2D eigenvalue weighted by molar-refractivity contribution is 7.08. The van der Waals surface area contributed by atoms with Crippen molar-refractivity contribution in [2.45, 2.75) is 19.5 Å². The van der Waals surface area contributed by atoms with Crippen LogP contribution in [0.15, 0.2) is 45.5 Å². The Balaban J connectivity index is 0.00000140. The zero-order valence-corrected chi connectivity index (χ0v) is 18.3. The van der Waals surface area contributed by atoms with Gasteiger partial charge in [0.15, 0.2) is 0 Å². The fourth-order valence-corrected chi connectivity index (χ4v) is 4.09. The minimum absolute atomic E-state index is 0. The van der Waals surface area contributed by atoms with E-state index in [2.05, 4.69) is 27.7 Å². The van der Waals surface area contributed by atoms with E-state index in [-0.39, 0.29) is 30.9 Å². The van der Waals surface area contributed by atoms with Crippen LogP contribution in [0.1, 0.15) is 23.1 Å². The van der Waals surface area contributed by atoms with Crippen LogP contribution in [0.5, 0.6) is 5.75 Å². The molecule has 1 aliphatic heterocycles. The predicted octanol–water partition coefficient (Wildman–Crippen LogP) is 4.71. The summed E-state index contributed by atoms with van der Waals surface area (Å²) < 4.78 is 11.5. The first-order valence-corrected chi connectivity index (χ1v) is 9.77. The van der Waals surface area contributed by atoms with Crippen molar-refractivity contribution in [1.29, 1.82) is 0 Å². The number of methoxy groups -OCH3 is 1. The van der Waals surface area contributed by atoms with E-state index in [1.54, 1.807) is 18.4 Å². The van der Waals surface area contributed by atoms with Gasteiger partial charge in [0, 0.05) is 42.7 Å². The summed E-state index contributed by atoms with van der Waals surface area (Å²) in [6, 6.07) is 10.6. The number of aromatic nitrogens is 1. The Morgan fingerprint density at radius 1 is 1.29 bits per heavy atom. The Bertz CT molecular complexity index is 870. The van der Waals surface area contributed by atoms with Gasteiger partial charge < -0.3 is 14.5 Å². The number of aryl methyl sites for hydroxylation is 1. The Hall–Kier alpha value is -1.57. The van der Waals surface area contributed by atoms with Gasteiger partial charge in [0.05, 0.1) is 18.8 Å². The molecule has 1 aromatic carbocycles. The van der Waals surface area contributed by atoms with Gasteiger partial charge in [0.25, 0.3) is 0 Å². The SMILES string of the molecule is COc1ccccc1C1CNCCN1Cc1nc(-c2ccsc2)oc1C.Cl.Cl. The second kappa shape index (κ2) is 10.3. The van der Waals surface area contributed by atoms with Gasteiger partial charge in [0.2, 0.25) is 5.89 Å². The predicted molar refractivity (Wildman–Crippen MR) is 118 cm³/mol. The summed E-state index contributed by atoms with van der Waals surface area (Å²) in [4.78, 5) is 7.22. The summed E-state index contributed by atoms with van der Waals surface area (Å²) in [6.45, 7) is 5.60. The standard InChI is InChI=1S/C20H23N3O2S.2ClH/c1-14-17(22-20(25-14)15-7-10-26-13-15)12-23-9-8-21-11-18(23)16-5-3-4-6-19(16)24-2;;/h3-7,10,13,18,21H,8-9,11-12H2,1-2H3;2*1H. The largest absolute Gasteiger partial charge is 0.496 e. The van der Waals surface area contributed by atoms with E-state index < -0.39 is 0 Å². The fraction of sp³-hybridized carbons (Fsp3) is 0.350. The lowest BCUT2D eigenvalue weighted by Crippen LogP contribution is -2.45. The van der Waals surface area contributed by atoms with E-state index in [1.807, 2.05) is 30.5 Å². The lowest BCUT2D eigenvalue weighted by atomic mass is 10.0. The first kappa shape index (κ1) is 22.7. The van der Waals surface area contributed by atoms with Gasteiger partial charge in [-0.2, -0.15) is 11.3 Å². The molecule has 3 aromatic rings. The lowest BCUT2D eigenvalue weighted by molar-refractivity contribution is 0.149. The van der Waals surface area contributed by atoms with Gasteiger partial charge >= 0.3 is 0 Å². The highest BCUT2D eigenvalue weighted by atomic mass is 35.5. The first-order chi connectivity index (χ1) is 12.8. The lowest BCUT2D eigenvalue weighted by Gasteiger charge is -2.36. The molecule has 1 saturated heterocycles. The van der Waals surface area contributed by atoms with E-state index in [9.17, 15) is 0 Å². The number of nitrogens with zero attached hydrogens (tertiary/aromatic N) is 2. The van der Waals surface area contributed by atoms with Crippen LogP contribution in [0.4, 0.5) is 0 Å². The van der Waals surface area contributed by atoms with Gasteiger partial charge in [-0.25, -0.2) is 4.98 Å². The zero-order valence-electron chi connectivity index (χ0n) is 15.9. The molecule has 8 heteroatoms. The maximum absolute atomic E-state index is 5.91. The topological polar surface area (TPSA) is 50.5 Å². The molecule has 0 aliphatic carbocycles. The van der Waals surface area contributed by atoms with Crippen LogP contribution < -0.4 is 10.1 Å². The van der Waals surface area contributed by atoms with Gasteiger partial charge in [-0.15, -0.1) is 24.8 Å². The van der Waals surface area contributed by atoms with E-state index in [0.29, 0.717) is 5.89 Å². The van der Waals surface area contributed by atoms with Gasteiger partial charge in [-0.1, -0.05) is 18.2 Å². The number of para-hydroxylation sites is 1. The molecular formula is C20H25Cl2N3O2S. The molecule has 3 heterocycles. The molecule has 1 fully saturated rings. The Morgan fingerprint density at radius 2 is 2.11 bits per heavy atom. The number of ether oxygens (including phenoxy) is 1. The molecule has 1 unspecified atom stereocenters. The first-order valence-electron chi connectivity index (χ1n) is 8.83. The van der Waals surface area contributed by atoms with E-state index in [4.69, 9.17) is 14.1 Å². The summed E-state index contributed by atoms with van der Waals surface area (Å²) in [5.41, 5.74) is 3.26. The number of halogens is 2. The molecule has 2 aromatic heterocycles. The molecule has 0 saturated carbocycles. The molecule has 4 rings (SSSR count). The Morgan fingerprint density at radius 3 is 2.86 bits per heavy atom. The fourth-order valence-electron chi connectivity index (χ4n) is 3.46. The normalized spacial score (nSPS) is 16.9. The van der Waals surface area contributed by atoms with Crippen LogP contribution in [0.2, 0.25) is 0 Å². The van der Waals surface area contributed by atoms with E-state index in [0.717, 1.165) is 48.9 Å². The van der Waals surface area contributed by atoms with Crippen molar-refractivity contribution in [2.24, 2.45) is 0 Å². The van der Waals surface area contributed by atoms with Crippen molar-refractivity contribution in [3.63, 3.8) is 0 Å². The number of hydrogen-bond donors (Lipinski definition) is 1. The van der Waals surface area contributed by atoms with E-state index >= 15 is 0 Å². The van der Waals surface area contributed by atoms with Gasteiger partial charge in [-0.05, 0) is 24.4 Å². The summed E-state index contributed by atoms with van der Waals surface area (Å²) >= 11 is 1.65. The molecule has 0 radical (unpaired) electrons. The number of piperazine rings is 1. The Kier molecular flexibility index (Phi) is 8.34. The number of nitrogens with one attached hydrogen (secondary N) is 1. The van der Waals surface area contributed by atoms with Crippen LogP contribution in [-0.2, 0) is 6.54 Å². The number of oxazole rings is 1. The van der Waals surface area contributed by atoms with Crippen LogP contribution in [-0.4, -0.2) is 36.6 Å². The van der Waals surface area contributed by atoms with Crippen LogP contribution in [0.25, 0.3) is 11.5 Å². The van der Waals surface area contributed by atoms with Crippen LogP contribution in [0, 0.1) is 6.92 Å². The third-order valence-corrected chi connectivity index (χ3v) is 5.55. The highest BCUT2D eigenvalue weighted by Crippen LogP contribution is 2.32. The second-order valence-electron chi connectivity index (χ2n) is 6.47. The number of thiophene rings is 1. The van der Waals surface area contributed by atoms with Crippen LogP contribution >= 0.6 is 36.2 Å². The molecule has 0 spiro atoms. The highest BCUT2D eigenvalue weighted by Gasteiger charge is 2.27. The monoisotopic (exact) mass is 441 g/mol. The van der Waals surface area contributed by atoms with Crippen molar-refractivity contribution in [3.05, 3.63) is 58.1 Å². The molecule has 0 amide bonds. The average Bonchev–Trinajstić information content (AvgIpc) is 3.33. The minimum atomic E-state index is 0. The van der Waals surface area contributed by atoms with Gasteiger partial charge in [-0.3, -0.25) is 4.90 Å². The van der Waals surface area contributed by atoms with Gasteiger partial charge in [0.1, 0.15) is 11.5 Å². The third-order valence-electron chi connectivity index (χ3n) is 4.87. The second-order valence-corrected chi connectivity index (χ2v) is 7.25. The summed E-state index contributed by atoms with van der Waals surface area (Å²) in [6.07, 6.45) is 0. The number of benzene rings is 1. The molecule has 28 heavy (non-hydrogen) atoms. The molecule has 5 nitrogen and oxygen atoms in total. The molecule has 1 aliphatic rings. The van der Waals surface area contributed by atoms with Crippen molar-refractivity contribution >= 4 is 36.2 Å². The summed E-state index contributed by atoms with van der Waals surface area (Å²) in [5, 5.41) is 7.61. The van der Waals surface area contributed by atoms with Crippen molar-refractivity contribution in [3.8, 4) is 17.2 Å². The minimum Gasteiger partial charge on any atom is -0.496 e. The summed E-state index contributed by atoms with van der Waals surface area (Å²) in [7, 11) is 1.73. The maximum atomic E-state index is 5.91. The average molecular weight is 442 g/mol. The Labute approximate surface area is 181 Å². The number of rotatable bonds is 5. The maximum Gasteiger partial charge on any atom is 0.227 e. The molecule has 0 bridgehead atoms. The van der Waals surface area contributed by atoms with Crippen molar-refractivity contribution in [1.82, 2.24) is 15.2 Å². The quantitative estimate of drug-likeness (QED) is 0.620. The molecule has 1 atom stereocenters. The molecule has 1 N–H and O–H groups in total. The third kappa shape index (κ3) is 4.70. The van der Waals surface area contributed by atoms with Crippen molar-refractivity contribution < 1.29 is 9.15 Å². The van der Waals surface area contributed by atoms with Crippen LogP contribution in [0.3, 0.4) is 0 Å². The van der Waals surface area contributed by atoms with Crippen molar-refractivity contribution in [2.75, 3.05) is 26.7 Å². The number of hydrogen-bond acceptors (Lipinski definition) is 6. The zero-order chi connectivity index (χ0) is 17.9. The molecule has 152 valence electrons. The molecular weight excluding hydrogens is 417 g/mol.